The third-order valence-corrected chi connectivity index (χ3v) is 3.66. The van der Waals surface area contributed by atoms with E-state index in [-0.39, 0.29) is 5.78 Å². The van der Waals surface area contributed by atoms with Crippen LogP contribution < -0.4 is 10.1 Å². The summed E-state index contributed by atoms with van der Waals surface area (Å²) in [5, 5.41) is 3.62. The van der Waals surface area contributed by atoms with Gasteiger partial charge in [0.2, 0.25) is 0 Å². The normalized spacial score (nSPS) is 10.7. The monoisotopic (exact) mass is 315 g/mol. The molecule has 0 radical (unpaired) electrons. The average molecular weight is 316 g/mol. The zero-order chi connectivity index (χ0) is 16.1. The summed E-state index contributed by atoms with van der Waals surface area (Å²) >= 11 is 5.96. The van der Waals surface area contributed by atoms with Gasteiger partial charge in [-0.2, -0.15) is 0 Å². The van der Waals surface area contributed by atoms with E-state index in [1.54, 1.807) is 31.5 Å². The van der Waals surface area contributed by atoms with E-state index in [0.717, 1.165) is 5.56 Å². The fourth-order valence-corrected chi connectivity index (χ4v) is 2.16. The Balaban J connectivity index is 2.10. The van der Waals surface area contributed by atoms with Crippen LogP contribution in [0.15, 0.2) is 48.7 Å². The number of ether oxygens (including phenoxy) is 1. The summed E-state index contributed by atoms with van der Waals surface area (Å²) in [7, 11) is 1.58. The molecular formula is C18H18ClNO2. The molecule has 0 atom stereocenters. The van der Waals surface area contributed by atoms with Gasteiger partial charge in [-0.05, 0) is 49.2 Å². The highest BCUT2D eigenvalue weighted by molar-refractivity contribution is 6.30. The number of carbonyl (C=O) groups is 1. The highest BCUT2D eigenvalue weighted by atomic mass is 35.5. The number of ketones is 1. The maximum atomic E-state index is 12.1. The molecule has 2 aromatic rings. The number of aryl methyl sites for hydroxylation is 2. The standard InChI is InChI=1S/C18H18ClNO2/c1-12-4-5-14(10-13(12)2)17(21)8-9-20-16-11-15(19)6-7-18(16)22-3/h4-11,20H,1-3H3/b9-8+. The first-order valence-corrected chi connectivity index (χ1v) is 7.27. The van der Waals surface area contributed by atoms with Gasteiger partial charge < -0.3 is 10.1 Å². The van der Waals surface area contributed by atoms with Crippen LogP contribution in [0.2, 0.25) is 5.02 Å². The molecule has 0 aromatic heterocycles. The molecule has 0 bridgehead atoms. The first-order chi connectivity index (χ1) is 10.5. The van der Waals surface area contributed by atoms with Crippen molar-refractivity contribution in [3.63, 3.8) is 0 Å². The van der Waals surface area contributed by atoms with E-state index in [1.807, 2.05) is 32.0 Å². The van der Waals surface area contributed by atoms with E-state index >= 15 is 0 Å². The molecule has 0 heterocycles. The first-order valence-electron chi connectivity index (χ1n) is 6.89. The number of carbonyl (C=O) groups excluding carboxylic acids is 1. The van der Waals surface area contributed by atoms with Gasteiger partial charge in [0.25, 0.3) is 0 Å². The predicted octanol–water partition coefficient (Wildman–Crippen LogP) is 4.77. The van der Waals surface area contributed by atoms with Crippen molar-refractivity contribution in [2.45, 2.75) is 13.8 Å². The Morgan fingerprint density at radius 1 is 1.14 bits per heavy atom. The zero-order valence-corrected chi connectivity index (χ0v) is 13.6. The van der Waals surface area contributed by atoms with Crippen LogP contribution in [0.3, 0.4) is 0 Å². The largest absolute Gasteiger partial charge is 0.495 e. The van der Waals surface area contributed by atoms with Crippen LogP contribution in [0.4, 0.5) is 5.69 Å². The van der Waals surface area contributed by atoms with Crippen molar-refractivity contribution in [2.75, 3.05) is 12.4 Å². The number of methoxy groups -OCH3 is 1. The molecule has 0 unspecified atom stereocenters. The van der Waals surface area contributed by atoms with Gasteiger partial charge in [0.05, 0.1) is 12.8 Å². The van der Waals surface area contributed by atoms with Gasteiger partial charge >= 0.3 is 0 Å². The molecule has 4 heteroatoms. The van der Waals surface area contributed by atoms with Crippen LogP contribution >= 0.6 is 11.6 Å². The summed E-state index contributed by atoms with van der Waals surface area (Å²) in [5.74, 6) is 0.601. The molecule has 2 aromatic carbocycles. The van der Waals surface area contributed by atoms with Crippen LogP contribution in [0, 0.1) is 13.8 Å². The minimum absolute atomic E-state index is 0.0587. The fraction of sp³-hybridized carbons (Fsp3) is 0.167. The Labute approximate surface area is 135 Å². The molecule has 0 aliphatic heterocycles. The quantitative estimate of drug-likeness (QED) is 0.637. The smallest absolute Gasteiger partial charge is 0.187 e. The van der Waals surface area contributed by atoms with Crippen LogP contribution in [0.25, 0.3) is 0 Å². The van der Waals surface area contributed by atoms with E-state index in [0.29, 0.717) is 22.0 Å². The summed E-state index contributed by atoms with van der Waals surface area (Å²) < 4.78 is 5.23. The minimum atomic E-state index is -0.0587. The van der Waals surface area contributed by atoms with E-state index in [9.17, 15) is 4.79 Å². The van der Waals surface area contributed by atoms with Crippen molar-refractivity contribution in [3.8, 4) is 5.75 Å². The van der Waals surface area contributed by atoms with E-state index in [1.165, 1.54) is 11.6 Å². The molecule has 1 N–H and O–H groups in total. The second-order valence-electron chi connectivity index (χ2n) is 4.99. The Morgan fingerprint density at radius 3 is 2.59 bits per heavy atom. The van der Waals surface area contributed by atoms with Crippen LogP contribution in [0.1, 0.15) is 21.5 Å². The summed E-state index contributed by atoms with van der Waals surface area (Å²) in [6.45, 7) is 4.01. The Morgan fingerprint density at radius 2 is 1.91 bits per heavy atom. The Kier molecular flexibility index (Phi) is 5.23. The summed E-state index contributed by atoms with van der Waals surface area (Å²) in [5.41, 5.74) is 3.64. The Bertz CT molecular complexity index is 723. The molecule has 22 heavy (non-hydrogen) atoms. The van der Waals surface area contributed by atoms with Crippen molar-refractivity contribution in [2.24, 2.45) is 0 Å². The van der Waals surface area contributed by atoms with Crippen molar-refractivity contribution < 1.29 is 9.53 Å². The Hall–Kier alpha value is -2.26. The lowest BCUT2D eigenvalue weighted by molar-refractivity contribution is 0.104. The molecular weight excluding hydrogens is 298 g/mol. The summed E-state index contributed by atoms with van der Waals surface area (Å²) in [6, 6.07) is 10.9. The molecule has 0 fully saturated rings. The van der Waals surface area contributed by atoms with Crippen molar-refractivity contribution in [1.82, 2.24) is 0 Å². The number of halogens is 1. The number of allylic oxidation sites excluding steroid dienone is 1. The second kappa shape index (κ2) is 7.14. The number of hydrogen-bond donors (Lipinski definition) is 1. The van der Waals surface area contributed by atoms with E-state index in [4.69, 9.17) is 16.3 Å². The van der Waals surface area contributed by atoms with Crippen molar-refractivity contribution >= 4 is 23.1 Å². The van der Waals surface area contributed by atoms with Crippen LogP contribution in [0.5, 0.6) is 5.75 Å². The molecule has 0 spiro atoms. The third kappa shape index (κ3) is 3.89. The number of anilines is 1. The molecule has 0 saturated carbocycles. The SMILES string of the molecule is COc1ccc(Cl)cc1N/C=C/C(=O)c1ccc(C)c(C)c1. The third-order valence-electron chi connectivity index (χ3n) is 3.43. The van der Waals surface area contributed by atoms with Gasteiger partial charge in [-0.15, -0.1) is 0 Å². The van der Waals surface area contributed by atoms with Gasteiger partial charge in [0.1, 0.15) is 5.75 Å². The molecule has 0 aliphatic rings. The highest BCUT2D eigenvalue weighted by Crippen LogP contribution is 2.27. The molecule has 114 valence electrons. The number of rotatable bonds is 5. The maximum absolute atomic E-state index is 12.1. The van der Waals surface area contributed by atoms with Crippen molar-refractivity contribution in [3.05, 3.63) is 70.4 Å². The molecule has 0 saturated heterocycles. The van der Waals surface area contributed by atoms with Gasteiger partial charge in [-0.1, -0.05) is 23.7 Å². The molecule has 2 rings (SSSR count). The number of hydrogen-bond acceptors (Lipinski definition) is 3. The molecule has 0 aliphatic carbocycles. The molecule has 0 amide bonds. The highest BCUT2D eigenvalue weighted by Gasteiger charge is 2.04. The molecule has 3 nitrogen and oxygen atoms in total. The van der Waals surface area contributed by atoms with Crippen LogP contribution in [-0.2, 0) is 0 Å². The van der Waals surface area contributed by atoms with E-state index < -0.39 is 0 Å². The van der Waals surface area contributed by atoms with Gasteiger partial charge in [0.15, 0.2) is 5.78 Å². The first kappa shape index (κ1) is 16.1. The lowest BCUT2D eigenvalue weighted by Crippen LogP contribution is -1.98. The lowest BCUT2D eigenvalue weighted by Gasteiger charge is -2.08. The number of benzene rings is 2. The average Bonchev–Trinajstić information content (AvgIpc) is 2.50. The maximum Gasteiger partial charge on any atom is 0.187 e. The minimum Gasteiger partial charge on any atom is -0.495 e. The number of nitrogens with one attached hydrogen (secondary N) is 1. The van der Waals surface area contributed by atoms with Crippen LogP contribution in [-0.4, -0.2) is 12.9 Å². The summed E-state index contributed by atoms with van der Waals surface area (Å²) in [6.07, 6.45) is 3.08. The van der Waals surface area contributed by atoms with Crippen molar-refractivity contribution in [1.29, 1.82) is 0 Å². The topological polar surface area (TPSA) is 38.3 Å². The van der Waals surface area contributed by atoms with Gasteiger partial charge in [0, 0.05) is 22.9 Å². The summed E-state index contributed by atoms with van der Waals surface area (Å²) in [4.78, 5) is 12.1. The second-order valence-corrected chi connectivity index (χ2v) is 5.42. The zero-order valence-electron chi connectivity index (χ0n) is 12.8. The fourth-order valence-electron chi connectivity index (χ4n) is 1.99. The van der Waals surface area contributed by atoms with E-state index in [2.05, 4.69) is 5.32 Å². The lowest BCUT2D eigenvalue weighted by atomic mass is 10.0. The predicted molar refractivity (Wildman–Crippen MR) is 91.0 cm³/mol. The van der Waals surface area contributed by atoms with Gasteiger partial charge in [-0.25, -0.2) is 0 Å². The van der Waals surface area contributed by atoms with Gasteiger partial charge in [-0.3, -0.25) is 4.79 Å².